The Morgan fingerprint density at radius 1 is 1.56 bits per heavy atom. The van der Waals surface area contributed by atoms with Gasteiger partial charge in [0.15, 0.2) is 0 Å². The van der Waals surface area contributed by atoms with Gasteiger partial charge in [-0.05, 0) is 42.6 Å². The minimum absolute atomic E-state index is 0.148. The van der Waals surface area contributed by atoms with Crippen LogP contribution in [-0.2, 0) is 4.79 Å². The van der Waals surface area contributed by atoms with Crippen LogP contribution in [0, 0.1) is 12.8 Å². The number of nitrogens with one attached hydrogen (secondary N) is 1. The normalized spacial score (nSPS) is 23.6. The largest absolute Gasteiger partial charge is 0.481 e. The highest BCUT2D eigenvalue weighted by Crippen LogP contribution is 2.31. The maximum absolute atomic E-state index is 11.0. The number of benzene rings is 1. The molecule has 2 atom stereocenters. The summed E-state index contributed by atoms with van der Waals surface area (Å²) in [6.45, 7) is 2.56. The molecular weight excluding hydrogens is 248 g/mol. The van der Waals surface area contributed by atoms with E-state index in [9.17, 15) is 4.79 Å². The van der Waals surface area contributed by atoms with E-state index in [2.05, 4.69) is 27.9 Å². The number of aryl methyl sites for hydroxylation is 1. The molecule has 0 spiro atoms. The summed E-state index contributed by atoms with van der Waals surface area (Å²) < 4.78 is 5.52. The Balaban J connectivity index is 1.91. The standard InChI is InChI=1S/C13H14N2O2S/c1-7-10-4-8(2-3-12(10)18-15-7)11-5-9(6-14-11)13(16)17/h2-4,9,11,14H,5-6H2,1H3,(H,16,17). The topological polar surface area (TPSA) is 62.2 Å². The molecule has 0 radical (unpaired) electrons. The molecule has 2 unspecified atom stereocenters. The van der Waals surface area contributed by atoms with Crippen LogP contribution in [0.3, 0.4) is 0 Å². The summed E-state index contributed by atoms with van der Waals surface area (Å²) in [4.78, 5) is 11.0. The van der Waals surface area contributed by atoms with Gasteiger partial charge in [-0.1, -0.05) is 6.07 Å². The lowest BCUT2D eigenvalue weighted by atomic mass is 9.99. The van der Waals surface area contributed by atoms with E-state index in [1.165, 1.54) is 21.6 Å². The van der Waals surface area contributed by atoms with Crippen molar-refractivity contribution in [3.05, 3.63) is 29.5 Å². The first-order valence-corrected chi connectivity index (χ1v) is 6.74. The molecule has 0 bridgehead atoms. The number of hydrogen-bond acceptors (Lipinski definition) is 4. The molecule has 1 aromatic heterocycles. The van der Waals surface area contributed by atoms with Gasteiger partial charge in [0.2, 0.25) is 0 Å². The molecule has 2 aromatic rings. The number of aromatic nitrogens is 1. The predicted molar refractivity (Wildman–Crippen MR) is 70.8 cm³/mol. The molecule has 0 amide bonds. The fourth-order valence-electron chi connectivity index (χ4n) is 2.47. The Kier molecular flexibility index (Phi) is 2.80. The molecule has 2 N–H and O–H groups in total. The average molecular weight is 262 g/mol. The SMILES string of the molecule is Cc1nsc2ccc(C3CC(C(=O)O)CN3)cc12. The lowest BCUT2D eigenvalue weighted by molar-refractivity contribution is -0.141. The zero-order chi connectivity index (χ0) is 12.7. The molecule has 4 nitrogen and oxygen atoms in total. The lowest BCUT2D eigenvalue weighted by Gasteiger charge is -2.10. The second-order valence-corrected chi connectivity index (χ2v) is 5.56. The predicted octanol–water partition coefficient (Wildman–Crippen LogP) is 2.34. The first-order valence-electron chi connectivity index (χ1n) is 5.97. The van der Waals surface area contributed by atoms with Gasteiger partial charge in [0, 0.05) is 18.0 Å². The van der Waals surface area contributed by atoms with Crippen LogP contribution in [0.4, 0.5) is 0 Å². The van der Waals surface area contributed by atoms with Gasteiger partial charge in [-0.25, -0.2) is 0 Å². The summed E-state index contributed by atoms with van der Waals surface area (Å²) in [5.74, 6) is -0.980. The van der Waals surface area contributed by atoms with Crippen molar-refractivity contribution in [2.24, 2.45) is 5.92 Å². The number of fused-ring (bicyclic) bond motifs is 1. The number of nitrogens with zero attached hydrogens (tertiary/aromatic N) is 1. The quantitative estimate of drug-likeness (QED) is 0.872. The van der Waals surface area contributed by atoms with Gasteiger partial charge in [-0.15, -0.1) is 0 Å². The third kappa shape index (κ3) is 1.89. The van der Waals surface area contributed by atoms with Crippen molar-refractivity contribution in [1.82, 2.24) is 9.69 Å². The summed E-state index contributed by atoms with van der Waals surface area (Å²) in [6.07, 6.45) is 0.664. The van der Waals surface area contributed by atoms with E-state index in [4.69, 9.17) is 5.11 Å². The number of carbonyl (C=O) groups is 1. The minimum Gasteiger partial charge on any atom is -0.481 e. The van der Waals surface area contributed by atoms with Gasteiger partial charge in [0.25, 0.3) is 0 Å². The van der Waals surface area contributed by atoms with Gasteiger partial charge in [0.1, 0.15) is 0 Å². The van der Waals surface area contributed by atoms with Gasteiger partial charge in [-0.2, -0.15) is 4.37 Å². The molecule has 1 fully saturated rings. The van der Waals surface area contributed by atoms with Gasteiger partial charge in [-0.3, -0.25) is 4.79 Å². The van der Waals surface area contributed by atoms with Crippen LogP contribution in [0.1, 0.15) is 23.7 Å². The molecule has 18 heavy (non-hydrogen) atoms. The summed E-state index contributed by atoms with van der Waals surface area (Å²) in [5, 5.41) is 13.5. The number of carboxylic acid groups (broad SMARTS) is 1. The van der Waals surface area contributed by atoms with Crippen LogP contribution in [-0.4, -0.2) is 22.0 Å². The Bertz CT molecular complexity index is 608. The zero-order valence-corrected chi connectivity index (χ0v) is 10.8. The van der Waals surface area contributed by atoms with Crippen molar-refractivity contribution < 1.29 is 9.90 Å². The molecule has 2 heterocycles. The Morgan fingerprint density at radius 2 is 2.39 bits per heavy atom. The highest BCUT2D eigenvalue weighted by Gasteiger charge is 2.30. The highest BCUT2D eigenvalue weighted by atomic mass is 32.1. The van der Waals surface area contributed by atoms with Crippen LogP contribution >= 0.6 is 11.5 Å². The van der Waals surface area contributed by atoms with Crippen molar-refractivity contribution in [1.29, 1.82) is 0 Å². The van der Waals surface area contributed by atoms with E-state index in [0.29, 0.717) is 13.0 Å². The smallest absolute Gasteiger partial charge is 0.307 e. The van der Waals surface area contributed by atoms with Gasteiger partial charge >= 0.3 is 5.97 Å². The third-order valence-corrected chi connectivity index (χ3v) is 4.47. The van der Waals surface area contributed by atoms with Crippen LogP contribution in [0.2, 0.25) is 0 Å². The lowest BCUT2D eigenvalue weighted by Crippen LogP contribution is -2.17. The molecule has 0 saturated carbocycles. The second-order valence-electron chi connectivity index (χ2n) is 4.76. The fourth-order valence-corrected chi connectivity index (χ4v) is 3.24. The summed E-state index contributed by atoms with van der Waals surface area (Å²) in [6, 6.07) is 6.43. The van der Waals surface area contributed by atoms with Gasteiger partial charge < -0.3 is 10.4 Å². The van der Waals surface area contributed by atoms with E-state index in [0.717, 1.165) is 11.3 Å². The molecule has 1 aliphatic rings. The molecular formula is C13H14N2O2S. The first kappa shape index (κ1) is 11.6. The number of hydrogen-bond donors (Lipinski definition) is 2. The molecule has 5 heteroatoms. The Labute approximate surface area is 109 Å². The maximum atomic E-state index is 11.0. The Morgan fingerprint density at radius 3 is 3.11 bits per heavy atom. The van der Waals surface area contributed by atoms with Crippen LogP contribution in [0.15, 0.2) is 18.2 Å². The zero-order valence-electron chi connectivity index (χ0n) is 10.0. The molecule has 1 saturated heterocycles. The van der Waals surface area contributed by atoms with Crippen LogP contribution in [0.5, 0.6) is 0 Å². The van der Waals surface area contributed by atoms with Crippen molar-refractivity contribution in [2.75, 3.05) is 6.54 Å². The first-order chi connectivity index (χ1) is 8.65. The molecule has 0 aliphatic carbocycles. The fraction of sp³-hybridized carbons (Fsp3) is 0.385. The summed E-state index contributed by atoms with van der Waals surface area (Å²) >= 11 is 1.51. The van der Waals surface area contributed by atoms with Crippen molar-refractivity contribution >= 4 is 27.6 Å². The maximum Gasteiger partial charge on any atom is 0.307 e. The van der Waals surface area contributed by atoms with Crippen LogP contribution in [0.25, 0.3) is 10.1 Å². The molecule has 3 rings (SSSR count). The molecule has 1 aromatic carbocycles. The highest BCUT2D eigenvalue weighted by molar-refractivity contribution is 7.13. The summed E-state index contributed by atoms with van der Waals surface area (Å²) in [5.41, 5.74) is 2.21. The second kappa shape index (κ2) is 4.33. The third-order valence-electron chi connectivity index (χ3n) is 3.56. The van der Waals surface area contributed by atoms with Crippen molar-refractivity contribution in [3.63, 3.8) is 0 Å². The van der Waals surface area contributed by atoms with Crippen molar-refractivity contribution in [3.8, 4) is 0 Å². The van der Waals surface area contributed by atoms with E-state index < -0.39 is 5.97 Å². The van der Waals surface area contributed by atoms with Crippen LogP contribution < -0.4 is 5.32 Å². The Hall–Kier alpha value is -1.46. The number of carboxylic acids is 1. The van der Waals surface area contributed by atoms with E-state index in [1.807, 2.05) is 6.92 Å². The van der Waals surface area contributed by atoms with E-state index >= 15 is 0 Å². The van der Waals surface area contributed by atoms with E-state index in [1.54, 1.807) is 0 Å². The number of aliphatic carboxylic acids is 1. The minimum atomic E-state index is -0.709. The average Bonchev–Trinajstić information content (AvgIpc) is 2.96. The molecule has 94 valence electrons. The van der Waals surface area contributed by atoms with Gasteiger partial charge in [0.05, 0.1) is 16.3 Å². The monoisotopic (exact) mass is 262 g/mol. The number of rotatable bonds is 2. The summed E-state index contributed by atoms with van der Waals surface area (Å²) in [7, 11) is 0. The van der Waals surface area contributed by atoms with E-state index in [-0.39, 0.29) is 12.0 Å². The molecule has 1 aliphatic heterocycles. The van der Waals surface area contributed by atoms with Crippen molar-refractivity contribution in [2.45, 2.75) is 19.4 Å².